The zero-order chi connectivity index (χ0) is 22.3. The third kappa shape index (κ3) is 8.89. The van der Waals surface area contributed by atoms with Crippen molar-refractivity contribution in [2.45, 2.75) is 32.8 Å². The quantitative estimate of drug-likeness (QED) is 0.296. The molecule has 0 aliphatic rings. The van der Waals surface area contributed by atoms with Crippen molar-refractivity contribution in [3.63, 3.8) is 0 Å². The van der Waals surface area contributed by atoms with E-state index < -0.39 is 0 Å². The third-order valence-corrected chi connectivity index (χ3v) is 4.95. The van der Waals surface area contributed by atoms with Gasteiger partial charge in [0.15, 0.2) is 17.5 Å². The van der Waals surface area contributed by atoms with E-state index in [1.807, 2.05) is 30.3 Å². The van der Waals surface area contributed by atoms with Crippen LogP contribution < -0.4 is 14.8 Å². The number of hydrogen-bond acceptors (Lipinski definition) is 4. The maximum absolute atomic E-state index is 5.75. The first-order chi connectivity index (χ1) is 15.2. The van der Waals surface area contributed by atoms with E-state index in [9.17, 15) is 0 Å². The van der Waals surface area contributed by atoms with E-state index in [2.05, 4.69) is 42.4 Å². The maximum atomic E-state index is 5.75. The molecule has 0 heterocycles. The lowest BCUT2D eigenvalue weighted by molar-refractivity contribution is 0.117. The van der Waals surface area contributed by atoms with Crippen LogP contribution in [0, 0.1) is 0 Å². The summed E-state index contributed by atoms with van der Waals surface area (Å²) in [6, 6.07) is 16.3. The topological polar surface area (TPSA) is 55.3 Å². The summed E-state index contributed by atoms with van der Waals surface area (Å²) in [5.41, 5.74) is 2.42. The van der Waals surface area contributed by atoms with Crippen LogP contribution in [0.1, 0.15) is 30.9 Å². The monoisotopic (exact) mass is 427 g/mol. The Bertz CT molecular complexity index is 781. The van der Waals surface area contributed by atoms with Gasteiger partial charge in [-0.1, -0.05) is 36.4 Å². The number of nitrogens with zero attached hydrogens (tertiary/aromatic N) is 2. The molecule has 170 valence electrons. The number of rotatable bonds is 13. The van der Waals surface area contributed by atoms with Crippen molar-refractivity contribution in [2.75, 3.05) is 47.5 Å². The van der Waals surface area contributed by atoms with E-state index in [4.69, 9.17) is 19.2 Å². The van der Waals surface area contributed by atoms with Crippen LogP contribution in [-0.2, 0) is 17.8 Å². The van der Waals surface area contributed by atoms with Crippen molar-refractivity contribution >= 4 is 5.96 Å². The van der Waals surface area contributed by atoms with Crippen molar-refractivity contribution < 1.29 is 14.2 Å². The average molecular weight is 428 g/mol. The molecule has 0 saturated carbocycles. The number of hydrogen-bond donors (Lipinski definition) is 1. The van der Waals surface area contributed by atoms with E-state index in [-0.39, 0.29) is 0 Å². The Morgan fingerprint density at radius 2 is 1.74 bits per heavy atom. The van der Waals surface area contributed by atoms with Gasteiger partial charge in [-0.25, -0.2) is 0 Å². The van der Waals surface area contributed by atoms with Gasteiger partial charge in [0.2, 0.25) is 0 Å². The Labute approximate surface area is 187 Å². The first-order valence-electron chi connectivity index (χ1n) is 11.0. The Hall–Kier alpha value is -2.73. The normalized spacial score (nSPS) is 11.3. The van der Waals surface area contributed by atoms with Gasteiger partial charge in [-0.2, -0.15) is 0 Å². The van der Waals surface area contributed by atoms with Crippen LogP contribution in [0.25, 0.3) is 0 Å². The van der Waals surface area contributed by atoms with Crippen LogP contribution in [0.5, 0.6) is 11.5 Å². The molecule has 0 aliphatic heterocycles. The number of guanidine groups is 1. The molecule has 31 heavy (non-hydrogen) atoms. The van der Waals surface area contributed by atoms with Crippen LogP contribution in [0.3, 0.4) is 0 Å². The molecule has 0 radical (unpaired) electrons. The second-order valence-corrected chi connectivity index (χ2v) is 7.34. The lowest BCUT2D eigenvalue weighted by atomic mass is 10.1. The summed E-state index contributed by atoms with van der Waals surface area (Å²) in [4.78, 5) is 6.95. The molecule has 0 bridgehead atoms. The minimum atomic E-state index is 0.672. The molecule has 2 aromatic carbocycles. The molecule has 0 atom stereocenters. The lowest BCUT2D eigenvalue weighted by Gasteiger charge is -2.22. The van der Waals surface area contributed by atoms with Gasteiger partial charge in [-0.05, 0) is 49.4 Å². The van der Waals surface area contributed by atoms with Crippen molar-refractivity contribution in [2.24, 2.45) is 4.99 Å². The van der Waals surface area contributed by atoms with E-state index in [1.165, 1.54) is 11.1 Å². The molecule has 6 nitrogen and oxygen atoms in total. The maximum Gasteiger partial charge on any atom is 0.193 e. The van der Waals surface area contributed by atoms with E-state index in [0.29, 0.717) is 6.61 Å². The molecule has 0 aliphatic carbocycles. The minimum absolute atomic E-state index is 0.672. The molecule has 6 heteroatoms. The largest absolute Gasteiger partial charge is 0.493 e. The number of nitrogens with one attached hydrogen (secondary N) is 1. The van der Waals surface area contributed by atoms with Crippen molar-refractivity contribution in [3.05, 3.63) is 59.7 Å². The van der Waals surface area contributed by atoms with E-state index >= 15 is 0 Å². The van der Waals surface area contributed by atoms with Crippen molar-refractivity contribution in [1.82, 2.24) is 10.2 Å². The highest BCUT2D eigenvalue weighted by atomic mass is 16.5. The fourth-order valence-electron chi connectivity index (χ4n) is 3.17. The van der Waals surface area contributed by atoms with Crippen molar-refractivity contribution in [1.29, 1.82) is 0 Å². The number of benzene rings is 2. The van der Waals surface area contributed by atoms with Crippen molar-refractivity contribution in [3.8, 4) is 11.5 Å². The molecular weight excluding hydrogens is 390 g/mol. The minimum Gasteiger partial charge on any atom is -0.493 e. The number of unbranched alkanes of at least 4 members (excludes halogenated alkanes) is 1. The van der Waals surface area contributed by atoms with Gasteiger partial charge >= 0.3 is 0 Å². The smallest absolute Gasteiger partial charge is 0.193 e. The lowest BCUT2D eigenvalue weighted by Crippen LogP contribution is -2.40. The molecule has 0 unspecified atom stereocenters. The fraction of sp³-hybridized carbons (Fsp3) is 0.480. The zero-order valence-electron chi connectivity index (χ0n) is 19.4. The Morgan fingerprint density at radius 3 is 2.45 bits per heavy atom. The highest BCUT2D eigenvalue weighted by Crippen LogP contribution is 2.27. The predicted molar refractivity (Wildman–Crippen MR) is 127 cm³/mol. The van der Waals surface area contributed by atoms with Crippen LogP contribution >= 0.6 is 0 Å². The second kappa shape index (κ2) is 14.3. The van der Waals surface area contributed by atoms with Gasteiger partial charge in [0.25, 0.3) is 0 Å². The Morgan fingerprint density at radius 1 is 0.968 bits per heavy atom. The SMILES string of the molecule is CCNC(=NCCCCOCc1ccccc1)N(C)CCc1ccc(OC)c(OC)c1. The number of likely N-dealkylation sites (N-methyl/N-ethyl adjacent to an activating group) is 1. The van der Waals surface area contributed by atoms with Crippen LogP contribution in [0.15, 0.2) is 53.5 Å². The van der Waals surface area contributed by atoms with Crippen LogP contribution in [0.2, 0.25) is 0 Å². The Balaban J connectivity index is 1.73. The molecular formula is C25H37N3O3. The fourth-order valence-corrected chi connectivity index (χ4v) is 3.17. The standard InChI is InChI=1S/C25H37N3O3/c1-5-26-25(27-16-9-10-18-31-20-22-11-7-6-8-12-22)28(2)17-15-21-13-14-23(29-3)24(19-21)30-4/h6-8,11-14,19H,5,9-10,15-18,20H2,1-4H3,(H,26,27). The summed E-state index contributed by atoms with van der Waals surface area (Å²) in [6.45, 7) is 6.02. The molecule has 1 N–H and O–H groups in total. The van der Waals surface area contributed by atoms with Gasteiger partial charge in [0.1, 0.15) is 0 Å². The predicted octanol–water partition coefficient (Wildman–Crippen LogP) is 4.14. The summed E-state index contributed by atoms with van der Waals surface area (Å²) >= 11 is 0. The summed E-state index contributed by atoms with van der Waals surface area (Å²) in [7, 11) is 5.39. The number of ether oxygens (including phenoxy) is 3. The summed E-state index contributed by atoms with van der Waals surface area (Å²) in [5, 5.41) is 3.38. The van der Waals surface area contributed by atoms with Gasteiger partial charge in [-0.3, -0.25) is 4.99 Å². The molecule has 0 saturated heterocycles. The molecule has 0 amide bonds. The molecule has 0 aromatic heterocycles. The average Bonchev–Trinajstić information content (AvgIpc) is 2.81. The summed E-state index contributed by atoms with van der Waals surface area (Å²) in [5.74, 6) is 2.45. The molecule has 0 fully saturated rings. The summed E-state index contributed by atoms with van der Waals surface area (Å²) in [6.07, 6.45) is 2.91. The second-order valence-electron chi connectivity index (χ2n) is 7.34. The third-order valence-electron chi connectivity index (χ3n) is 4.95. The summed E-state index contributed by atoms with van der Waals surface area (Å²) < 4.78 is 16.5. The van der Waals surface area contributed by atoms with E-state index in [0.717, 1.165) is 63.0 Å². The molecule has 2 aromatic rings. The molecule has 2 rings (SSSR count). The number of methoxy groups -OCH3 is 2. The van der Waals surface area contributed by atoms with E-state index in [1.54, 1.807) is 14.2 Å². The highest BCUT2D eigenvalue weighted by molar-refractivity contribution is 5.79. The van der Waals surface area contributed by atoms with Crippen LogP contribution in [-0.4, -0.2) is 58.4 Å². The Kier molecular flexibility index (Phi) is 11.3. The highest BCUT2D eigenvalue weighted by Gasteiger charge is 2.08. The van der Waals surface area contributed by atoms with Gasteiger partial charge < -0.3 is 24.4 Å². The number of aliphatic imine (C=N–C) groups is 1. The first-order valence-corrected chi connectivity index (χ1v) is 11.0. The van der Waals surface area contributed by atoms with Gasteiger partial charge in [-0.15, -0.1) is 0 Å². The van der Waals surface area contributed by atoms with Gasteiger partial charge in [0, 0.05) is 33.3 Å². The van der Waals surface area contributed by atoms with Gasteiger partial charge in [0.05, 0.1) is 20.8 Å². The first kappa shape index (κ1) is 24.5. The van der Waals surface area contributed by atoms with Crippen LogP contribution in [0.4, 0.5) is 0 Å². The molecule has 0 spiro atoms. The zero-order valence-corrected chi connectivity index (χ0v) is 19.4.